The Labute approximate surface area is 108 Å². The van der Waals surface area contributed by atoms with E-state index in [-0.39, 0.29) is 30.4 Å². The molecule has 1 atom stereocenters. The molecule has 0 heterocycles. The van der Waals surface area contributed by atoms with Crippen LogP contribution in [0.5, 0.6) is 0 Å². The summed E-state index contributed by atoms with van der Waals surface area (Å²) in [5, 5.41) is 14.3. The van der Waals surface area contributed by atoms with Gasteiger partial charge in [-0.3, -0.25) is 9.59 Å². The van der Waals surface area contributed by atoms with E-state index in [2.05, 4.69) is 10.6 Å². The van der Waals surface area contributed by atoms with Crippen molar-refractivity contribution in [1.29, 1.82) is 0 Å². The minimum absolute atomic E-state index is 0.0203. The molecule has 1 saturated carbocycles. The molecule has 1 unspecified atom stereocenters. The van der Waals surface area contributed by atoms with Gasteiger partial charge in [-0.05, 0) is 26.2 Å². The van der Waals surface area contributed by atoms with Crippen molar-refractivity contribution >= 4 is 11.8 Å². The van der Waals surface area contributed by atoms with Crippen LogP contribution >= 0.6 is 0 Å². The van der Waals surface area contributed by atoms with Gasteiger partial charge in [-0.1, -0.05) is 12.8 Å². The number of carbonyl (C=O) groups excluding carboxylic acids is 2. The Morgan fingerprint density at radius 1 is 1.33 bits per heavy atom. The van der Waals surface area contributed by atoms with Crippen LogP contribution in [0.1, 0.15) is 45.4 Å². The van der Waals surface area contributed by atoms with Gasteiger partial charge < -0.3 is 15.7 Å². The predicted molar refractivity (Wildman–Crippen MR) is 68.9 cm³/mol. The maximum atomic E-state index is 11.7. The van der Waals surface area contributed by atoms with E-state index in [4.69, 9.17) is 5.11 Å². The summed E-state index contributed by atoms with van der Waals surface area (Å²) in [7, 11) is 0. The van der Waals surface area contributed by atoms with Crippen LogP contribution in [0.2, 0.25) is 0 Å². The van der Waals surface area contributed by atoms with Crippen molar-refractivity contribution in [2.24, 2.45) is 5.92 Å². The van der Waals surface area contributed by atoms with Crippen LogP contribution in [0.15, 0.2) is 0 Å². The molecule has 0 bridgehead atoms. The lowest BCUT2D eigenvalue weighted by molar-refractivity contribution is -0.125. The highest BCUT2D eigenvalue weighted by Gasteiger charge is 2.22. The summed E-state index contributed by atoms with van der Waals surface area (Å²) >= 11 is 0. The number of carbonyl (C=O) groups is 2. The van der Waals surface area contributed by atoms with Gasteiger partial charge in [-0.15, -0.1) is 0 Å². The summed E-state index contributed by atoms with van der Waals surface area (Å²) in [6.45, 7) is 2.32. The molecule has 5 nitrogen and oxygen atoms in total. The number of nitrogens with one attached hydrogen (secondary N) is 2. The van der Waals surface area contributed by atoms with Crippen LogP contribution in [-0.4, -0.2) is 36.1 Å². The SMILES string of the molecule is CC(CCO)NC(=O)CCNC(=O)C1CCCC1. The van der Waals surface area contributed by atoms with E-state index >= 15 is 0 Å². The molecule has 0 aliphatic heterocycles. The predicted octanol–water partition coefficient (Wildman–Crippen LogP) is 0.570. The van der Waals surface area contributed by atoms with Crippen molar-refractivity contribution in [1.82, 2.24) is 10.6 Å². The van der Waals surface area contributed by atoms with E-state index in [1.54, 1.807) is 0 Å². The summed E-state index contributed by atoms with van der Waals surface area (Å²) in [5.74, 6) is 0.160. The standard InChI is InChI=1S/C13H24N2O3/c1-10(7-9-16)15-12(17)6-8-14-13(18)11-4-2-3-5-11/h10-11,16H,2-9H2,1H3,(H,14,18)(H,15,17). The molecule has 3 N–H and O–H groups in total. The van der Waals surface area contributed by atoms with Gasteiger partial charge in [0.1, 0.15) is 0 Å². The molecule has 1 aliphatic rings. The quantitative estimate of drug-likeness (QED) is 0.623. The fraction of sp³-hybridized carbons (Fsp3) is 0.846. The molecule has 1 aliphatic carbocycles. The van der Waals surface area contributed by atoms with Crippen LogP contribution in [0.25, 0.3) is 0 Å². The van der Waals surface area contributed by atoms with Gasteiger partial charge in [0, 0.05) is 31.5 Å². The molecule has 1 fully saturated rings. The Balaban J connectivity index is 2.09. The Bertz CT molecular complexity index is 275. The summed E-state index contributed by atoms with van der Waals surface area (Å²) < 4.78 is 0. The molecule has 104 valence electrons. The van der Waals surface area contributed by atoms with Crippen LogP contribution in [-0.2, 0) is 9.59 Å². The summed E-state index contributed by atoms with van der Waals surface area (Å²) in [4.78, 5) is 23.2. The number of hydrogen-bond acceptors (Lipinski definition) is 3. The van der Waals surface area contributed by atoms with E-state index < -0.39 is 0 Å². The summed E-state index contributed by atoms with van der Waals surface area (Å²) in [6.07, 6.45) is 5.08. The maximum Gasteiger partial charge on any atom is 0.223 e. The zero-order chi connectivity index (χ0) is 13.4. The van der Waals surface area contributed by atoms with Crippen LogP contribution in [0, 0.1) is 5.92 Å². The lowest BCUT2D eigenvalue weighted by Gasteiger charge is -2.13. The molecule has 0 aromatic heterocycles. The third-order valence-electron chi connectivity index (χ3n) is 3.35. The smallest absolute Gasteiger partial charge is 0.223 e. The van der Waals surface area contributed by atoms with Crippen molar-refractivity contribution in [3.8, 4) is 0 Å². The summed E-state index contributed by atoms with van der Waals surface area (Å²) in [6, 6.07) is -0.0203. The minimum atomic E-state index is -0.0809. The third kappa shape index (κ3) is 5.49. The topological polar surface area (TPSA) is 78.4 Å². The number of aliphatic hydroxyl groups excluding tert-OH is 1. The minimum Gasteiger partial charge on any atom is -0.396 e. The third-order valence-corrected chi connectivity index (χ3v) is 3.35. The molecule has 18 heavy (non-hydrogen) atoms. The van der Waals surface area contributed by atoms with Gasteiger partial charge in [0.15, 0.2) is 0 Å². The number of hydrogen-bond donors (Lipinski definition) is 3. The van der Waals surface area contributed by atoms with E-state index in [9.17, 15) is 9.59 Å². The van der Waals surface area contributed by atoms with Crippen molar-refractivity contribution < 1.29 is 14.7 Å². The average Bonchev–Trinajstić information content (AvgIpc) is 2.82. The first-order chi connectivity index (χ1) is 8.63. The highest BCUT2D eigenvalue weighted by Crippen LogP contribution is 2.24. The lowest BCUT2D eigenvalue weighted by Crippen LogP contribution is -2.37. The van der Waals surface area contributed by atoms with Gasteiger partial charge in [0.25, 0.3) is 0 Å². The average molecular weight is 256 g/mol. The number of rotatable bonds is 7. The zero-order valence-corrected chi connectivity index (χ0v) is 11.1. The zero-order valence-electron chi connectivity index (χ0n) is 11.1. The van der Waals surface area contributed by atoms with Gasteiger partial charge in [0.05, 0.1) is 0 Å². The second-order valence-corrected chi connectivity index (χ2v) is 5.00. The largest absolute Gasteiger partial charge is 0.396 e. The van der Waals surface area contributed by atoms with Crippen LogP contribution in [0.3, 0.4) is 0 Å². The van der Waals surface area contributed by atoms with Gasteiger partial charge >= 0.3 is 0 Å². The molecule has 0 aromatic carbocycles. The number of aliphatic hydroxyl groups is 1. The Hall–Kier alpha value is -1.10. The van der Waals surface area contributed by atoms with Gasteiger partial charge in [-0.25, -0.2) is 0 Å². The molecular formula is C13H24N2O3. The van der Waals surface area contributed by atoms with Gasteiger partial charge in [-0.2, -0.15) is 0 Å². The second kappa shape index (κ2) is 8.08. The van der Waals surface area contributed by atoms with Crippen molar-refractivity contribution in [3.05, 3.63) is 0 Å². The highest BCUT2D eigenvalue weighted by molar-refractivity contribution is 5.80. The molecular weight excluding hydrogens is 232 g/mol. The highest BCUT2D eigenvalue weighted by atomic mass is 16.3. The normalized spacial score (nSPS) is 17.4. The maximum absolute atomic E-state index is 11.7. The van der Waals surface area contributed by atoms with E-state index in [1.807, 2.05) is 6.92 Å². The number of amides is 2. The summed E-state index contributed by atoms with van der Waals surface area (Å²) in [5.41, 5.74) is 0. The van der Waals surface area contributed by atoms with Crippen molar-refractivity contribution in [3.63, 3.8) is 0 Å². The molecule has 5 heteroatoms. The van der Waals surface area contributed by atoms with Crippen molar-refractivity contribution in [2.45, 2.75) is 51.5 Å². The second-order valence-electron chi connectivity index (χ2n) is 5.00. The van der Waals surface area contributed by atoms with E-state index in [0.29, 0.717) is 19.4 Å². The molecule has 1 rings (SSSR count). The first-order valence-corrected chi connectivity index (χ1v) is 6.81. The fourth-order valence-corrected chi connectivity index (χ4v) is 2.24. The molecule has 0 saturated heterocycles. The molecule has 0 aromatic rings. The molecule has 2 amide bonds. The Morgan fingerprint density at radius 2 is 2.00 bits per heavy atom. The monoisotopic (exact) mass is 256 g/mol. The lowest BCUT2D eigenvalue weighted by atomic mass is 10.1. The Kier molecular flexibility index (Phi) is 6.72. The fourth-order valence-electron chi connectivity index (χ4n) is 2.24. The van der Waals surface area contributed by atoms with E-state index in [1.165, 1.54) is 0 Å². The van der Waals surface area contributed by atoms with Crippen molar-refractivity contribution in [2.75, 3.05) is 13.2 Å². The Morgan fingerprint density at radius 3 is 2.61 bits per heavy atom. The van der Waals surface area contributed by atoms with Crippen LogP contribution in [0.4, 0.5) is 0 Å². The van der Waals surface area contributed by atoms with Crippen LogP contribution < -0.4 is 10.6 Å². The molecule has 0 spiro atoms. The van der Waals surface area contributed by atoms with Gasteiger partial charge in [0.2, 0.25) is 11.8 Å². The first kappa shape index (κ1) is 15.0. The van der Waals surface area contributed by atoms with E-state index in [0.717, 1.165) is 25.7 Å². The molecule has 0 radical (unpaired) electrons. The first-order valence-electron chi connectivity index (χ1n) is 6.81.